The number of benzene rings is 2. The van der Waals surface area contributed by atoms with Crippen molar-refractivity contribution in [3.8, 4) is 11.5 Å². The zero-order chi connectivity index (χ0) is 14.7. The van der Waals surface area contributed by atoms with Gasteiger partial charge in [0.2, 0.25) is 0 Å². The second kappa shape index (κ2) is 6.08. The van der Waals surface area contributed by atoms with Gasteiger partial charge in [-0.05, 0) is 49.7 Å². The maximum atomic E-state index is 5.92. The summed E-state index contributed by atoms with van der Waals surface area (Å²) in [5, 5.41) is 3.42. The van der Waals surface area contributed by atoms with Crippen molar-refractivity contribution in [1.82, 2.24) is 0 Å². The SMILES string of the molecule is CC(C)Oc1ccc(NCC2Cc3ccccc3O2)cc1. The van der Waals surface area contributed by atoms with Gasteiger partial charge >= 0.3 is 0 Å². The Morgan fingerprint density at radius 2 is 1.90 bits per heavy atom. The van der Waals surface area contributed by atoms with Crippen molar-refractivity contribution in [3.05, 3.63) is 54.1 Å². The van der Waals surface area contributed by atoms with E-state index in [1.807, 2.05) is 50.2 Å². The molecule has 2 aromatic carbocycles. The van der Waals surface area contributed by atoms with Gasteiger partial charge in [0, 0.05) is 12.1 Å². The Balaban J connectivity index is 1.52. The molecule has 1 aliphatic rings. The number of rotatable bonds is 5. The largest absolute Gasteiger partial charge is 0.491 e. The summed E-state index contributed by atoms with van der Waals surface area (Å²) in [6, 6.07) is 16.3. The maximum absolute atomic E-state index is 5.92. The monoisotopic (exact) mass is 283 g/mol. The zero-order valence-corrected chi connectivity index (χ0v) is 12.5. The molecular weight excluding hydrogens is 262 g/mol. The van der Waals surface area contributed by atoms with Crippen LogP contribution in [0.25, 0.3) is 0 Å². The highest BCUT2D eigenvalue weighted by molar-refractivity contribution is 5.47. The summed E-state index contributed by atoms with van der Waals surface area (Å²) < 4.78 is 11.6. The number of hydrogen-bond donors (Lipinski definition) is 1. The molecule has 3 rings (SSSR count). The van der Waals surface area contributed by atoms with Gasteiger partial charge < -0.3 is 14.8 Å². The molecule has 0 aromatic heterocycles. The molecule has 21 heavy (non-hydrogen) atoms. The molecule has 0 saturated heterocycles. The summed E-state index contributed by atoms with van der Waals surface area (Å²) in [6.07, 6.45) is 1.38. The smallest absolute Gasteiger partial charge is 0.123 e. The molecule has 2 aromatic rings. The maximum Gasteiger partial charge on any atom is 0.123 e. The van der Waals surface area contributed by atoms with Crippen LogP contribution in [0.1, 0.15) is 19.4 Å². The van der Waals surface area contributed by atoms with Gasteiger partial charge in [0.05, 0.1) is 12.6 Å². The van der Waals surface area contributed by atoms with Crippen molar-refractivity contribution >= 4 is 5.69 Å². The summed E-state index contributed by atoms with van der Waals surface area (Å²) in [4.78, 5) is 0. The Bertz CT molecular complexity index is 567. The molecule has 0 bridgehead atoms. The number of para-hydroxylation sites is 1. The lowest BCUT2D eigenvalue weighted by Gasteiger charge is -2.14. The molecule has 1 N–H and O–H groups in total. The molecule has 1 unspecified atom stereocenters. The van der Waals surface area contributed by atoms with Crippen LogP contribution in [0.5, 0.6) is 11.5 Å². The average Bonchev–Trinajstić information content (AvgIpc) is 2.89. The van der Waals surface area contributed by atoms with Gasteiger partial charge in [-0.3, -0.25) is 0 Å². The van der Waals surface area contributed by atoms with Crippen molar-refractivity contribution in [2.24, 2.45) is 0 Å². The molecule has 0 amide bonds. The Labute approximate surface area is 125 Å². The molecule has 0 fully saturated rings. The minimum atomic E-state index is 0.203. The van der Waals surface area contributed by atoms with Gasteiger partial charge in [-0.2, -0.15) is 0 Å². The lowest BCUT2D eigenvalue weighted by Crippen LogP contribution is -2.23. The summed E-state index contributed by atoms with van der Waals surface area (Å²) in [5.74, 6) is 1.92. The molecule has 1 atom stereocenters. The number of fused-ring (bicyclic) bond motifs is 1. The van der Waals surface area contributed by atoms with Crippen molar-refractivity contribution in [2.45, 2.75) is 32.5 Å². The number of nitrogens with one attached hydrogen (secondary N) is 1. The summed E-state index contributed by atoms with van der Waals surface area (Å²) in [6.45, 7) is 4.86. The number of anilines is 1. The molecule has 0 spiro atoms. The third-order valence-corrected chi connectivity index (χ3v) is 3.47. The van der Waals surface area contributed by atoms with Crippen LogP contribution in [0.2, 0.25) is 0 Å². The topological polar surface area (TPSA) is 30.5 Å². The van der Waals surface area contributed by atoms with Gasteiger partial charge in [-0.25, -0.2) is 0 Å². The highest BCUT2D eigenvalue weighted by Crippen LogP contribution is 2.28. The minimum absolute atomic E-state index is 0.203. The van der Waals surface area contributed by atoms with E-state index in [1.54, 1.807) is 0 Å². The van der Waals surface area contributed by atoms with E-state index in [2.05, 4.69) is 17.4 Å². The Kier molecular flexibility index (Phi) is 4.00. The molecule has 1 heterocycles. The standard InChI is InChI=1S/C18H21NO2/c1-13(2)20-16-9-7-15(8-10-16)19-12-17-11-14-5-3-4-6-18(14)21-17/h3-10,13,17,19H,11-12H2,1-2H3. The third-order valence-electron chi connectivity index (χ3n) is 3.47. The van der Waals surface area contributed by atoms with Crippen molar-refractivity contribution in [3.63, 3.8) is 0 Å². The molecule has 0 aliphatic carbocycles. The van der Waals surface area contributed by atoms with Crippen LogP contribution >= 0.6 is 0 Å². The Morgan fingerprint density at radius 1 is 1.14 bits per heavy atom. The predicted octanol–water partition coefficient (Wildman–Crippen LogP) is 3.89. The Hall–Kier alpha value is -2.16. The summed E-state index contributed by atoms with van der Waals surface area (Å²) in [7, 11) is 0. The molecule has 3 nitrogen and oxygen atoms in total. The first-order valence-electron chi connectivity index (χ1n) is 7.46. The average molecular weight is 283 g/mol. The van der Waals surface area contributed by atoms with Crippen molar-refractivity contribution in [1.29, 1.82) is 0 Å². The fraction of sp³-hybridized carbons (Fsp3) is 0.333. The van der Waals surface area contributed by atoms with E-state index in [4.69, 9.17) is 9.47 Å². The first-order chi connectivity index (χ1) is 10.2. The van der Waals surface area contributed by atoms with Gasteiger partial charge in [0.25, 0.3) is 0 Å². The molecule has 110 valence electrons. The van der Waals surface area contributed by atoms with E-state index < -0.39 is 0 Å². The van der Waals surface area contributed by atoms with E-state index in [0.29, 0.717) is 0 Å². The van der Waals surface area contributed by atoms with Crippen molar-refractivity contribution < 1.29 is 9.47 Å². The van der Waals surface area contributed by atoms with Crippen LogP contribution in [0, 0.1) is 0 Å². The second-order valence-corrected chi connectivity index (χ2v) is 5.62. The summed E-state index contributed by atoms with van der Waals surface area (Å²) in [5.41, 5.74) is 2.38. The van der Waals surface area contributed by atoms with Crippen LogP contribution < -0.4 is 14.8 Å². The molecule has 1 aliphatic heterocycles. The first-order valence-corrected chi connectivity index (χ1v) is 7.46. The normalized spacial score (nSPS) is 16.4. The fourth-order valence-corrected chi connectivity index (χ4v) is 2.52. The summed E-state index contributed by atoms with van der Waals surface area (Å²) >= 11 is 0. The molecular formula is C18H21NO2. The van der Waals surface area contributed by atoms with Crippen LogP contribution in [0.4, 0.5) is 5.69 Å². The van der Waals surface area contributed by atoms with Crippen LogP contribution in [-0.2, 0) is 6.42 Å². The first kappa shape index (κ1) is 13.8. The number of hydrogen-bond acceptors (Lipinski definition) is 3. The lowest BCUT2D eigenvalue weighted by atomic mass is 10.1. The predicted molar refractivity (Wildman–Crippen MR) is 85.3 cm³/mol. The molecule has 0 radical (unpaired) electrons. The van der Waals surface area contributed by atoms with E-state index >= 15 is 0 Å². The highest BCUT2D eigenvalue weighted by Gasteiger charge is 2.21. The quantitative estimate of drug-likeness (QED) is 0.903. The fourth-order valence-electron chi connectivity index (χ4n) is 2.52. The molecule has 3 heteroatoms. The van der Waals surface area contributed by atoms with Gasteiger partial charge in [0.15, 0.2) is 0 Å². The van der Waals surface area contributed by atoms with E-state index in [9.17, 15) is 0 Å². The lowest BCUT2D eigenvalue weighted by molar-refractivity contribution is 0.242. The van der Waals surface area contributed by atoms with Crippen molar-refractivity contribution in [2.75, 3.05) is 11.9 Å². The highest BCUT2D eigenvalue weighted by atomic mass is 16.5. The van der Waals surface area contributed by atoms with Gasteiger partial charge in [0.1, 0.15) is 17.6 Å². The zero-order valence-electron chi connectivity index (χ0n) is 12.5. The van der Waals surface area contributed by atoms with Crippen LogP contribution in [-0.4, -0.2) is 18.8 Å². The minimum Gasteiger partial charge on any atom is -0.491 e. The van der Waals surface area contributed by atoms with Crippen LogP contribution in [0.15, 0.2) is 48.5 Å². The number of ether oxygens (including phenoxy) is 2. The third kappa shape index (κ3) is 3.48. The van der Waals surface area contributed by atoms with Gasteiger partial charge in [-0.15, -0.1) is 0 Å². The van der Waals surface area contributed by atoms with Gasteiger partial charge in [-0.1, -0.05) is 18.2 Å². The second-order valence-electron chi connectivity index (χ2n) is 5.62. The molecule has 0 saturated carbocycles. The Morgan fingerprint density at radius 3 is 2.62 bits per heavy atom. The van der Waals surface area contributed by atoms with Crippen LogP contribution in [0.3, 0.4) is 0 Å². The van der Waals surface area contributed by atoms with E-state index in [0.717, 1.165) is 30.2 Å². The van der Waals surface area contributed by atoms with E-state index in [-0.39, 0.29) is 12.2 Å². The van der Waals surface area contributed by atoms with E-state index in [1.165, 1.54) is 5.56 Å².